The summed E-state index contributed by atoms with van der Waals surface area (Å²) in [6, 6.07) is 10.2. The lowest BCUT2D eigenvalue weighted by Gasteiger charge is -2.68. The van der Waals surface area contributed by atoms with E-state index in [0.717, 1.165) is 49.5 Å². The van der Waals surface area contributed by atoms with Crippen molar-refractivity contribution in [2.75, 3.05) is 6.61 Å². The van der Waals surface area contributed by atoms with Crippen molar-refractivity contribution in [2.45, 2.75) is 125 Å². The van der Waals surface area contributed by atoms with Crippen LogP contribution >= 0.6 is 0 Å². The molecule has 4 fully saturated rings. The zero-order valence-electron chi connectivity index (χ0n) is 29.2. The van der Waals surface area contributed by atoms with E-state index in [1.807, 2.05) is 25.1 Å². The van der Waals surface area contributed by atoms with E-state index in [2.05, 4.69) is 52.0 Å². The van der Waals surface area contributed by atoms with Crippen molar-refractivity contribution in [2.24, 2.45) is 57.2 Å². The molecule has 0 aliphatic heterocycles. The third kappa shape index (κ3) is 4.97. The molecule has 0 bridgehead atoms. The summed E-state index contributed by atoms with van der Waals surface area (Å²) >= 11 is 0. The van der Waals surface area contributed by atoms with Gasteiger partial charge >= 0.3 is 11.9 Å². The average molecular weight is 627 g/mol. The molecule has 1 aromatic rings. The van der Waals surface area contributed by atoms with Gasteiger partial charge in [0.25, 0.3) is 0 Å². The highest BCUT2D eigenvalue weighted by molar-refractivity contribution is 5.78. The average Bonchev–Trinajstić information content (AvgIpc) is 3.50. The SMILES string of the molecule is CCOC(=O)C1CC=C(C2=CC[C@@]3(C)C(CC[C@@]4(C)C5CC[C@@]6(C(=O)OCc7ccccc7)CCC[C@@H]6[C@H]5CCC43)C2(C)C)CC1. The fourth-order valence-electron chi connectivity index (χ4n) is 13.1. The lowest BCUT2D eigenvalue weighted by molar-refractivity contribution is -0.192. The molecule has 4 saturated carbocycles. The molecule has 0 aromatic heterocycles. The van der Waals surface area contributed by atoms with Gasteiger partial charge < -0.3 is 9.47 Å². The van der Waals surface area contributed by atoms with Crippen LogP contribution < -0.4 is 0 Å². The molecule has 4 unspecified atom stereocenters. The fourth-order valence-corrected chi connectivity index (χ4v) is 13.1. The van der Waals surface area contributed by atoms with Crippen LogP contribution in [0.5, 0.6) is 0 Å². The maximum absolute atomic E-state index is 13.9. The van der Waals surface area contributed by atoms with Crippen LogP contribution in [0.25, 0.3) is 0 Å². The Kier molecular flexibility index (Phi) is 8.37. The molecule has 0 saturated heterocycles. The van der Waals surface area contributed by atoms with Crippen LogP contribution in [0.4, 0.5) is 0 Å². The van der Waals surface area contributed by atoms with Gasteiger partial charge in [-0.05, 0) is 147 Å². The van der Waals surface area contributed by atoms with E-state index in [-0.39, 0.29) is 28.7 Å². The van der Waals surface area contributed by atoms with E-state index < -0.39 is 0 Å². The molecule has 4 nitrogen and oxygen atoms in total. The van der Waals surface area contributed by atoms with Gasteiger partial charge in [0.05, 0.1) is 17.9 Å². The summed E-state index contributed by atoms with van der Waals surface area (Å²) in [5.74, 6) is 3.35. The van der Waals surface area contributed by atoms with Crippen LogP contribution in [0, 0.1) is 57.2 Å². The summed E-state index contributed by atoms with van der Waals surface area (Å²) in [6.45, 7) is 13.2. The van der Waals surface area contributed by atoms with E-state index in [1.165, 1.54) is 56.9 Å². The van der Waals surface area contributed by atoms with Gasteiger partial charge in [-0.2, -0.15) is 0 Å². The second-order valence-corrected chi connectivity index (χ2v) is 17.3. The maximum atomic E-state index is 13.9. The number of benzene rings is 1. The molecule has 6 aliphatic rings. The summed E-state index contributed by atoms with van der Waals surface area (Å²) in [7, 11) is 0. The summed E-state index contributed by atoms with van der Waals surface area (Å²) < 4.78 is 11.5. The quantitative estimate of drug-likeness (QED) is 0.295. The zero-order chi connectivity index (χ0) is 32.3. The zero-order valence-corrected chi connectivity index (χ0v) is 29.2. The lowest BCUT2D eigenvalue weighted by atomic mass is 9.36. The van der Waals surface area contributed by atoms with Crippen LogP contribution in [-0.2, 0) is 25.7 Å². The van der Waals surface area contributed by atoms with E-state index >= 15 is 0 Å². The number of esters is 2. The van der Waals surface area contributed by atoms with E-state index in [9.17, 15) is 9.59 Å². The highest BCUT2D eigenvalue weighted by Gasteiger charge is 2.66. The monoisotopic (exact) mass is 626 g/mol. The van der Waals surface area contributed by atoms with Crippen molar-refractivity contribution >= 4 is 11.9 Å². The summed E-state index contributed by atoms with van der Waals surface area (Å²) in [5.41, 5.74) is 4.66. The smallest absolute Gasteiger partial charge is 0.312 e. The van der Waals surface area contributed by atoms with Gasteiger partial charge in [0.2, 0.25) is 0 Å². The molecule has 0 heterocycles. The number of carbonyl (C=O) groups is 2. The molecule has 6 aliphatic carbocycles. The van der Waals surface area contributed by atoms with Crippen LogP contribution in [0.1, 0.15) is 124 Å². The molecule has 7 rings (SSSR count). The highest BCUT2D eigenvalue weighted by Crippen LogP contribution is 2.73. The van der Waals surface area contributed by atoms with Crippen molar-refractivity contribution < 1.29 is 19.1 Å². The molecule has 0 spiro atoms. The Morgan fingerprint density at radius 3 is 2.35 bits per heavy atom. The van der Waals surface area contributed by atoms with Crippen LogP contribution in [0.15, 0.2) is 53.6 Å². The van der Waals surface area contributed by atoms with Crippen molar-refractivity contribution in [3.63, 3.8) is 0 Å². The first-order chi connectivity index (χ1) is 22.0. The van der Waals surface area contributed by atoms with Crippen LogP contribution in [-0.4, -0.2) is 18.5 Å². The Labute approximate surface area is 278 Å². The molecule has 1 aromatic carbocycles. The first-order valence-electron chi connectivity index (χ1n) is 18.8. The Morgan fingerprint density at radius 2 is 1.61 bits per heavy atom. The molecule has 0 amide bonds. The lowest BCUT2D eigenvalue weighted by Crippen LogP contribution is -2.61. The van der Waals surface area contributed by atoms with Gasteiger partial charge in [0, 0.05) is 0 Å². The normalized spacial score (nSPS) is 41.1. The number of fused-ring (bicyclic) bond motifs is 7. The van der Waals surface area contributed by atoms with Crippen LogP contribution in [0.3, 0.4) is 0 Å². The molecule has 0 N–H and O–H groups in total. The molecule has 0 radical (unpaired) electrons. The first-order valence-corrected chi connectivity index (χ1v) is 18.8. The number of carbonyl (C=O) groups excluding carboxylic acids is 2. The predicted octanol–water partition coefficient (Wildman–Crippen LogP) is 10.0. The summed E-state index contributed by atoms with van der Waals surface area (Å²) in [4.78, 5) is 26.3. The Hall–Kier alpha value is -2.36. The minimum atomic E-state index is -0.259. The van der Waals surface area contributed by atoms with E-state index in [1.54, 1.807) is 5.57 Å². The van der Waals surface area contributed by atoms with Gasteiger partial charge in [0.1, 0.15) is 6.61 Å². The molecular weight excluding hydrogens is 568 g/mol. The van der Waals surface area contributed by atoms with Crippen molar-refractivity contribution in [1.29, 1.82) is 0 Å². The highest BCUT2D eigenvalue weighted by atomic mass is 16.5. The molecule has 9 atom stereocenters. The van der Waals surface area contributed by atoms with Crippen molar-refractivity contribution in [3.05, 3.63) is 59.2 Å². The predicted molar refractivity (Wildman–Crippen MR) is 182 cm³/mol. The molecule has 46 heavy (non-hydrogen) atoms. The first kappa shape index (κ1) is 32.2. The van der Waals surface area contributed by atoms with Gasteiger partial charge in [-0.3, -0.25) is 9.59 Å². The Morgan fingerprint density at radius 1 is 0.804 bits per heavy atom. The van der Waals surface area contributed by atoms with Crippen molar-refractivity contribution in [3.8, 4) is 0 Å². The Balaban J connectivity index is 1.09. The summed E-state index contributed by atoms with van der Waals surface area (Å²) in [5, 5.41) is 0. The maximum Gasteiger partial charge on any atom is 0.312 e. The van der Waals surface area contributed by atoms with Gasteiger partial charge in [0.15, 0.2) is 0 Å². The topological polar surface area (TPSA) is 52.6 Å². The third-order valence-electron chi connectivity index (χ3n) is 15.1. The van der Waals surface area contributed by atoms with E-state index in [0.29, 0.717) is 41.8 Å². The van der Waals surface area contributed by atoms with Gasteiger partial charge in [-0.25, -0.2) is 0 Å². The standard InChI is InChI=1S/C42H58O4/c1-6-45-37(43)30-16-14-29(15-17-30)32-20-24-41(5)35(39(32,2)3)22-25-40(4)33-21-26-42(38(44)46-27-28-11-8-7-9-12-28)23-10-13-34(42)31(33)18-19-36(40)41/h7-9,11-12,14,20,30-31,33-36H,6,10,13,15-19,21-27H2,1-5H3/t30?,31-,33?,34+,35?,36?,40-,41-,42-/m0/s1. The number of hydrogen-bond donors (Lipinski definition) is 0. The minimum Gasteiger partial charge on any atom is -0.466 e. The second kappa shape index (κ2) is 12.0. The molecular formula is C42H58O4. The van der Waals surface area contributed by atoms with Crippen molar-refractivity contribution in [1.82, 2.24) is 0 Å². The van der Waals surface area contributed by atoms with Crippen LogP contribution in [0.2, 0.25) is 0 Å². The third-order valence-corrected chi connectivity index (χ3v) is 15.1. The fraction of sp³-hybridized carbons (Fsp3) is 0.714. The van der Waals surface area contributed by atoms with E-state index in [4.69, 9.17) is 9.47 Å². The molecule has 250 valence electrons. The van der Waals surface area contributed by atoms with Gasteiger partial charge in [-0.1, -0.05) is 76.6 Å². The number of rotatable bonds is 6. The summed E-state index contributed by atoms with van der Waals surface area (Å²) in [6.07, 6.45) is 19.7. The van der Waals surface area contributed by atoms with Gasteiger partial charge in [-0.15, -0.1) is 0 Å². The minimum absolute atomic E-state index is 0.0201. The number of hydrogen-bond acceptors (Lipinski definition) is 4. The number of ether oxygens (including phenoxy) is 2. The molecule has 4 heteroatoms. The largest absolute Gasteiger partial charge is 0.466 e. The Bertz CT molecular complexity index is 1390. The second-order valence-electron chi connectivity index (χ2n) is 17.3. The number of allylic oxidation sites excluding steroid dienone is 4.